The van der Waals surface area contributed by atoms with Gasteiger partial charge in [-0.25, -0.2) is 10.2 Å². The van der Waals surface area contributed by atoms with Gasteiger partial charge in [-0.2, -0.15) is 5.10 Å². The minimum absolute atomic E-state index is 0.154. The number of rotatable bonds is 4. The van der Waals surface area contributed by atoms with Crippen molar-refractivity contribution in [3.8, 4) is 11.5 Å². The van der Waals surface area contributed by atoms with Crippen LogP contribution in [0.25, 0.3) is 0 Å². The van der Waals surface area contributed by atoms with Crippen LogP contribution >= 0.6 is 0 Å². The summed E-state index contributed by atoms with van der Waals surface area (Å²) in [5, 5.41) is 4.35. The molecular formula is C20H21N3O5. The van der Waals surface area contributed by atoms with Gasteiger partial charge in [0.15, 0.2) is 11.5 Å². The lowest BCUT2D eigenvalue weighted by Gasteiger charge is -2.15. The molecule has 1 aromatic carbocycles. The van der Waals surface area contributed by atoms with E-state index in [2.05, 4.69) is 15.5 Å². The van der Waals surface area contributed by atoms with Gasteiger partial charge in [0, 0.05) is 16.8 Å². The Morgan fingerprint density at radius 1 is 1.25 bits per heavy atom. The van der Waals surface area contributed by atoms with E-state index in [1.807, 2.05) is 6.92 Å². The Labute approximate surface area is 161 Å². The highest BCUT2D eigenvalue weighted by Crippen LogP contribution is 2.32. The van der Waals surface area contributed by atoms with Crippen molar-refractivity contribution < 1.29 is 23.8 Å². The number of nitrogens with one attached hydrogen (secondary N) is 2. The number of esters is 1. The summed E-state index contributed by atoms with van der Waals surface area (Å²) in [4.78, 5) is 27.8. The molecule has 0 unspecified atom stereocenters. The summed E-state index contributed by atoms with van der Waals surface area (Å²) in [5.74, 6) is 0.449. The monoisotopic (exact) mass is 383 g/mol. The molecule has 28 heavy (non-hydrogen) atoms. The van der Waals surface area contributed by atoms with Gasteiger partial charge in [-0.05, 0) is 56.9 Å². The molecule has 8 nitrogen and oxygen atoms in total. The number of carbonyl (C=O) groups is 2. The van der Waals surface area contributed by atoms with Crippen LogP contribution in [-0.2, 0) is 11.2 Å². The van der Waals surface area contributed by atoms with Crippen LogP contribution in [-0.4, -0.2) is 36.0 Å². The van der Waals surface area contributed by atoms with Crippen LogP contribution in [0.15, 0.2) is 23.3 Å². The Balaban J connectivity index is 1.56. The van der Waals surface area contributed by atoms with Crippen molar-refractivity contribution in [1.29, 1.82) is 0 Å². The van der Waals surface area contributed by atoms with Gasteiger partial charge in [0.2, 0.25) is 6.79 Å². The summed E-state index contributed by atoms with van der Waals surface area (Å²) < 4.78 is 15.7. The predicted octanol–water partition coefficient (Wildman–Crippen LogP) is 2.70. The standard InChI is InChI=1S/C20H21N3O5/c1-3-26-20(25)18-11(2)17-13(21-18)5-4-6-14(17)22-23-19(24)12-7-8-15-16(9-12)28-10-27-15/h7-9,21H,3-6,10H2,1-2H3,(H,23,24). The molecule has 0 atom stereocenters. The van der Waals surface area contributed by atoms with Crippen molar-refractivity contribution in [2.75, 3.05) is 13.4 Å². The molecular weight excluding hydrogens is 362 g/mol. The molecule has 146 valence electrons. The molecule has 2 aromatic rings. The third-order valence-electron chi connectivity index (χ3n) is 4.86. The van der Waals surface area contributed by atoms with Crippen LogP contribution < -0.4 is 14.9 Å². The average molecular weight is 383 g/mol. The fourth-order valence-corrected chi connectivity index (χ4v) is 3.53. The van der Waals surface area contributed by atoms with E-state index in [-0.39, 0.29) is 18.7 Å². The molecule has 0 saturated heterocycles. The van der Waals surface area contributed by atoms with Gasteiger partial charge < -0.3 is 19.2 Å². The van der Waals surface area contributed by atoms with Crippen molar-refractivity contribution in [1.82, 2.24) is 10.4 Å². The lowest BCUT2D eigenvalue weighted by atomic mass is 9.93. The van der Waals surface area contributed by atoms with Crippen molar-refractivity contribution >= 4 is 17.6 Å². The number of hydrazone groups is 1. The first-order chi connectivity index (χ1) is 13.6. The first-order valence-corrected chi connectivity index (χ1v) is 9.24. The van der Waals surface area contributed by atoms with Crippen LogP contribution in [0.5, 0.6) is 11.5 Å². The van der Waals surface area contributed by atoms with Gasteiger partial charge in [-0.15, -0.1) is 0 Å². The lowest BCUT2D eigenvalue weighted by molar-refractivity contribution is 0.0519. The highest BCUT2D eigenvalue weighted by molar-refractivity contribution is 6.07. The fourth-order valence-electron chi connectivity index (χ4n) is 3.53. The number of nitrogens with zero attached hydrogens (tertiary/aromatic N) is 1. The number of carbonyl (C=O) groups excluding carboxylic acids is 2. The summed E-state index contributed by atoms with van der Waals surface area (Å²) in [5.41, 5.74) is 6.88. The van der Waals surface area contributed by atoms with Crippen molar-refractivity contribution in [2.45, 2.75) is 33.1 Å². The molecule has 1 aromatic heterocycles. The zero-order chi connectivity index (χ0) is 19.7. The number of hydrogen-bond acceptors (Lipinski definition) is 6. The normalized spacial score (nSPS) is 16.0. The highest BCUT2D eigenvalue weighted by Gasteiger charge is 2.26. The number of aryl methyl sites for hydroxylation is 1. The van der Waals surface area contributed by atoms with E-state index in [1.165, 1.54) is 0 Å². The topological polar surface area (TPSA) is 102 Å². The first kappa shape index (κ1) is 18.1. The maximum Gasteiger partial charge on any atom is 0.355 e. The molecule has 1 aliphatic heterocycles. The Morgan fingerprint density at radius 3 is 2.89 bits per heavy atom. The zero-order valence-corrected chi connectivity index (χ0v) is 15.8. The summed E-state index contributed by atoms with van der Waals surface area (Å²) >= 11 is 0. The number of H-pyrrole nitrogens is 1. The number of fused-ring (bicyclic) bond motifs is 2. The smallest absolute Gasteiger partial charge is 0.355 e. The molecule has 0 radical (unpaired) electrons. The molecule has 0 fully saturated rings. The summed E-state index contributed by atoms with van der Waals surface area (Å²) in [6.07, 6.45) is 2.42. The largest absolute Gasteiger partial charge is 0.461 e. The average Bonchev–Trinajstić information content (AvgIpc) is 3.30. The van der Waals surface area contributed by atoms with E-state index in [0.717, 1.165) is 41.8 Å². The van der Waals surface area contributed by atoms with E-state index in [0.29, 0.717) is 29.4 Å². The van der Waals surface area contributed by atoms with E-state index in [1.54, 1.807) is 25.1 Å². The van der Waals surface area contributed by atoms with Gasteiger partial charge in [0.25, 0.3) is 5.91 Å². The van der Waals surface area contributed by atoms with Gasteiger partial charge in [0.1, 0.15) is 5.69 Å². The number of amides is 1. The Kier molecular flexibility index (Phi) is 4.77. The SMILES string of the molecule is CCOC(=O)c1[nH]c2c(c1C)C(=NNC(=O)c1ccc3c(c1)OCO3)CCC2. The van der Waals surface area contributed by atoms with Crippen LogP contribution in [0, 0.1) is 6.92 Å². The van der Waals surface area contributed by atoms with E-state index < -0.39 is 0 Å². The fraction of sp³-hybridized carbons (Fsp3) is 0.350. The molecule has 2 N–H and O–H groups in total. The minimum Gasteiger partial charge on any atom is -0.461 e. The third kappa shape index (κ3) is 3.21. The molecule has 0 saturated carbocycles. The van der Waals surface area contributed by atoms with E-state index in [9.17, 15) is 9.59 Å². The number of ether oxygens (including phenoxy) is 3. The maximum atomic E-state index is 12.5. The highest BCUT2D eigenvalue weighted by atomic mass is 16.7. The van der Waals surface area contributed by atoms with Gasteiger partial charge >= 0.3 is 5.97 Å². The predicted molar refractivity (Wildman–Crippen MR) is 101 cm³/mol. The molecule has 2 aliphatic rings. The summed E-state index contributed by atoms with van der Waals surface area (Å²) in [7, 11) is 0. The first-order valence-electron chi connectivity index (χ1n) is 9.24. The maximum absolute atomic E-state index is 12.5. The summed E-state index contributed by atoms with van der Waals surface area (Å²) in [6.45, 7) is 4.10. The van der Waals surface area contributed by atoms with Crippen LogP contribution in [0.1, 0.15) is 57.4 Å². The third-order valence-corrected chi connectivity index (χ3v) is 4.86. The van der Waals surface area contributed by atoms with Crippen LogP contribution in [0.3, 0.4) is 0 Å². The minimum atomic E-state index is -0.377. The molecule has 1 aliphatic carbocycles. The van der Waals surface area contributed by atoms with Crippen molar-refractivity contribution in [3.05, 3.63) is 46.3 Å². The second kappa shape index (κ2) is 7.38. The van der Waals surface area contributed by atoms with Gasteiger partial charge in [-0.3, -0.25) is 4.79 Å². The van der Waals surface area contributed by atoms with Crippen LogP contribution in [0.4, 0.5) is 0 Å². The second-order valence-corrected chi connectivity index (χ2v) is 6.62. The van der Waals surface area contributed by atoms with Gasteiger partial charge in [0.05, 0.1) is 12.3 Å². The van der Waals surface area contributed by atoms with E-state index in [4.69, 9.17) is 14.2 Å². The molecule has 4 rings (SSSR count). The molecule has 2 heterocycles. The van der Waals surface area contributed by atoms with Crippen molar-refractivity contribution in [2.24, 2.45) is 5.10 Å². The molecule has 0 bridgehead atoms. The zero-order valence-electron chi connectivity index (χ0n) is 15.8. The lowest BCUT2D eigenvalue weighted by Crippen LogP contribution is -2.22. The molecule has 8 heteroatoms. The Hall–Kier alpha value is -3.29. The molecule has 0 spiro atoms. The number of hydrogen-bond donors (Lipinski definition) is 2. The van der Waals surface area contributed by atoms with Crippen molar-refractivity contribution in [3.63, 3.8) is 0 Å². The number of aromatic nitrogens is 1. The Bertz CT molecular complexity index is 976. The molecule has 1 amide bonds. The van der Waals surface area contributed by atoms with Crippen LogP contribution in [0.2, 0.25) is 0 Å². The number of benzene rings is 1. The summed E-state index contributed by atoms with van der Waals surface area (Å²) in [6, 6.07) is 4.99. The quantitative estimate of drug-likeness (QED) is 0.624. The second-order valence-electron chi connectivity index (χ2n) is 6.62. The van der Waals surface area contributed by atoms with E-state index >= 15 is 0 Å². The number of aromatic amines is 1. The van der Waals surface area contributed by atoms with Gasteiger partial charge in [-0.1, -0.05) is 0 Å². The Morgan fingerprint density at radius 2 is 2.07 bits per heavy atom.